The Morgan fingerprint density at radius 1 is 1.17 bits per heavy atom. The fourth-order valence-corrected chi connectivity index (χ4v) is 3.70. The van der Waals surface area contributed by atoms with Gasteiger partial charge in [0.05, 0.1) is 0 Å². The molecule has 1 aromatic heterocycles. The molecule has 1 N–H and O–H groups in total. The molecule has 1 aromatic rings. The number of hydrogen-bond donors (Lipinski definition) is 1. The first kappa shape index (κ1) is 12.4. The lowest BCUT2D eigenvalue weighted by Gasteiger charge is -2.26. The smallest absolute Gasteiger partial charge is 0.202 e. The Morgan fingerprint density at radius 2 is 1.94 bits per heavy atom. The molecule has 2 fully saturated rings. The highest BCUT2D eigenvalue weighted by Gasteiger charge is 2.26. The van der Waals surface area contributed by atoms with E-state index in [1.54, 1.807) is 11.5 Å². The standard InChI is InChI=1S/C14H23N3S/c1-2-3-10-4-6-11(7-5-10)13-16-14(18-17-13)15-12-8-9-12/h10-12H,2-9H2,1H3,(H,15,16,17). The minimum Gasteiger partial charge on any atom is -0.358 e. The monoisotopic (exact) mass is 265 g/mol. The summed E-state index contributed by atoms with van der Waals surface area (Å²) in [6.07, 6.45) is 10.7. The van der Waals surface area contributed by atoms with Crippen LogP contribution >= 0.6 is 11.5 Å². The van der Waals surface area contributed by atoms with Gasteiger partial charge in [0.1, 0.15) is 5.82 Å². The van der Waals surface area contributed by atoms with E-state index in [0.29, 0.717) is 12.0 Å². The van der Waals surface area contributed by atoms with Crippen LogP contribution in [0.4, 0.5) is 5.13 Å². The molecule has 0 bridgehead atoms. The molecule has 2 aliphatic carbocycles. The summed E-state index contributed by atoms with van der Waals surface area (Å²) in [6.45, 7) is 2.30. The van der Waals surface area contributed by atoms with Crippen molar-refractivity contribution in [3.05, 3.63) is 5.82 Å². The van der Waals surface area contributed by atoms with Crippen molar-refractivity contribution in [1.82, 2.24) is 9.36 Å². The Bertz CT molecular complexity index is 378. The highest BCUT2D eigenvalue weighted by Crippen LogP contribution is 2.37. The van der Waals surface area contributed by atoms with E-state index in [4.69, 9.17) is 0 Å². The zero-order valence-corrected chi connectivity index (χ0v) is 12.0. The van der Waals surface area contributed by atoms with Crippen molar-refractivity contribution in [1.29, 1.82) is 0 Å². The summed E-state index contributed by atoms with van der Waals surface area (Å²) >= 11 is 1.55. The van der Waals surface area contributed by atoms with Crippen LogP contribution < -0.4 is 5.32 Å². The normalized spacial score (nSPS) is 28.3. The fraction of sp³-hybridized carbons (Fsp3) is 0.857. The van der Waals surface area contributed by atoms with Crippen molar-refractivity contribution >= 4 is 16.7 Å². The molecule has 18 heavy (non-hydrogen) atoms. The van der Waals surface area contributed by atoms with Crippen molar-refractivity contribution in [2.45, 2.75) is 70.3 Å². The molecular formula is C14H23N3S. The second kappa shape index (κ2) is 5.55. The van der Waals surface area contributed by atoms with Gasteiger partial charge in [-0.2, -0.15) is 4.37 Å². The minimum absolute atomic E-state index is 0.629. The molecule has 0 unspecified atom stereocenters. The van der Waals surface area contributed by atoms with Crippen LogP contribution in [0.25, 0.3) is 0 Å². The molecule has 1 heterocycles. The van der Waals surface area contributed by atoms with E-state index in [2.05, 4.69) is 21.6 Å². The molecule has 3 nitrogen and oxygen atoms in total. The molecule has 0 spiro atoms. The lowest BCUT2D eigenvalue weighted by atomic mass is 9.80. The maximum Gasteiger partial charge on any atom is 0.202 e. The van der Waals surface area contributed by atoms with E-state index in [-0.39, 0.29) is 0 Å². The van der Waals surface area contributed by atoms with Gasteiger partial charge in [-0.05, 0) is 44.4 Å². The summed E-state index contributed by atoms with van der Waals surface area (Å²) in [5, 5.41) is 4.49. The first-order chi connectivity index (χ1) is 8.85. The maximum atomic E-state index is 4.68. The Balaban J connectivity index is 1.53. The predicted molar refractivity (Wildman–Crippen MR) is 76.2 cm³/mol. The van der Waals surface area contributed by atoms with E-state index in [1.165, 1.54) is 51.4 Å². The van der Waals surface area contributed by atoms with Crippen LogP contribution in [0.5, 0.6) is 0 Å². The van der Waals surface area contributed by atoms with Crippen molar-refractivity contribution in [3.63, 3.8) is 0 Å². The molecular weight excluding hydrogens is 242 g/mol. The fourth-order valence-electron chi connectivity index (χ4n) is 2.98. The average Bonchev–Trinajstić information content (AvgIpc) is 3.07. The second-order valence-electron chi connectivity index (χ2n) is 5.88. The Morgan fingerprint density at radius 3 is 2.61 bits per heavy atom. The lowest BCUT2D eigenvalue weighted by Crippen LogP contribution is -2.14. The molecule has 3 rings (SSSR count). The lowest BCUT2D eigenvalue weighted by molar-refractivity contribution is 0.303. The largest absolute Gasteiger partial charge is 0.358 e. The molecule has 0 aromatic carbocycles. The van der Waals surface area contributed by atoms with Gasteiger partial charge >= 0.3 is 0 Å². The molecule has 0 amide bonds. The molecule has 0 radical (unpaired) electrons. The minimum atomic E-state index is 0.629. The molecule has 0 aliphatic heterocycles. The molecule has 100 valence electrons. The van der Waals surface area contributed by atoms with Crippen molar-refractivity contribution < 1.29 is 0 Å². The van der Waals surface area contributed by atoms with Gasteiger partial charge in [0, 0.05) is 23.5 Å². The third-order valence-corrected chi connectivity index (χ3v) is 4.92. The Kier molecular flexibility index (Phi) is 3.83. The highest BCUT2D eigenvalue weighted by atomic mass is 32.1. The SMILES string of the molecule is CCCC1CCC(c2nsc(NC3CC3)n2)CC1. The molecule has 2 saturated carbocycles. The number of nitrogens with one attached hydrogen (secondary N) is 1. The summed E-state index contributed by atoms with van der Waals surface area (Å²) in [6, 6.07) is 0.686. The van der Waals surface area contributed by atoms with Crippen LogP contribution in [0.3, 0.4) is 0 Å². The zero-order chi connectivity index (χ0) is 12.4. The van der Waals surface area contributed by atoms with Crippen molar-refractivity contribution in [3.8, 4) is 0 Å². The van der Waals surface area contributed by atoms with Crippen molar-refractivity contribution in [2.75, 3.05) is 5.32 Å². The molecule has 4 heteroatoms. The first-order valence-electron chi connectivity index (χ1n) is 7.45. The van der Waals surface area contributed by atoms with E-state index < -0.39 is 0 Å². The topological polar surface area (TPSA) is 37.8 Å². The number of rotatable bonds is 5. The average molecular weight is 265 g/mol. The van der Waals surface area contributed by atoms with E-state index in [0.717, 1.165) is 16.9 Å². The van der Waals surface area contributed by atoms with Gasteiger partial charge < -0.3 is 5.32 Å². The number of anilines is 1. The molecule has 0 atom stereocenters. The van der Waals surface area contributed by atoms with Crippen LogP contribution in [0.1, 0.15) is 70.0 Å². The van der Waals surface area contributed by atoms with Gasteiger partial charge in [-0.15, -0.1) is 0 Å². The van der Waals surface area contributed by atoms with Crippen LogP contribution in [0.15, 0.2) is 0 Å². The quantitative estimate of drug-likeness (QED) is 0.867. The van der Waals surface area contributed by atoms with Gasteiger partial charge in [0.25, 0.3) is 0 Å². The summed E-state index contributed by atoms with van der Waals surface area (Å²) in [7, 11) is 0. The van der Waals surface area contributed by atoms with Crippen LogP contribution in [0.2, 0.25) is 0 Å². The summed E-state index contributed by atoms with van der Waals surface area (Å²) in [5.74, 6) is 2.70. The van der Waals surface area contributed by atoms with Crippen LogP contribution in [-0.2, 0) is 0 Å². The predicted octanol–water partition coefficient (Wildman–Crippen LogP) is 4.19. The number of hydrogen-bond acceptors (Lipinski definition) is 4. The summed E-state index contributed by atoms with van der Waals surface area (Å²) < 4.78 is 4.56. The van der Waals surface area contributed by atoms with E-state index in [9.17, 15) is 0 Å². The van der Waals surface area contributed by atoms with E-state index >= 15 is 0 Å². The Labute approximate surface area is 114 Å². The van der Waals surface area contributed by atoms with Crippen LogP contribution in [-0.4, -0.2) is 15.4 Å². The first-order valence-corrected chi connectivity index (χ1v) is 8.22. The summed E-state index contributed by atoms with van der Waals surface area (Å²) in [5.41, 5.74) is 0. The van der Waals surface area contributed by atoms with Gasteiger partial charge in [0.2, 0.25) is 5.13 Å². The van der Waals surface area contributed by atoms with Gasteiger partial charge in [0.15, 0.2) is 0 Å². The third-order valence-electron chi connectivity index (χ3n) is 4.26. The number of nitrogens with zero attached hydrogens (tertiary/aromatic N) is 2. The van der Waals surface area contributed by atoms with Gasteiger partial charge in [-0.1, -0.05) is 19.8 Å². The number of aromatic nitrogens is 2. The Hall–Kier alpha value is -0.640. The second-order valence-corrected chi connectivity index (χ2v) is 6.63. The van der Waals surface area contributed by atoms with Gasteiger partial charge in [-0.25, -0.2) is 4.98 Å². The third kappa shape index (κ3) is 3.02. The van der Waals surface area contributed by atoms with Crippen molar-refractivity contribution in [2.24, 2.45) is 5.92 Å². The molecule has 0 saturated heterocycles. The summed E-state index contributed by atoms with van der Waals surface area (Å²) in [4.78, 5) is 4.68. The van der Waals surface area contributed by atoms with E-state index in [1.807, 2.05) is 0 Å². The zero-order valence-electron chi connectivity index (χ0n) is 11.2. The maximum absolute atomic E-state index is 4.68. The van der Waals surface area contributed by atoms with Crippen LogP contribution in [0, 0.1) is 5.92 Å². The molecule has 2 aliphatic rings. The van der Waals surface area contributed by atoms with Gasteiger partial charge in [-0.3, -0.25) is 0 Å². The highest BCUT2D eigenvalue weighted by molar-refractivity contribution is 7.09.